The lowest BCUT2D eigenvalue weighted by Crippen LogP contribution is -2.23. The van der Waals surface area contributed by atoms with Crippen molar-refractivity contribution >= 4 is 5.69 Å². The van der Waals surface area contributed by atoms with Gasteiger partial charge in [-0.25, -0.2) is 4.68 Å². The summed E-state index contributed by atoms with van der Waals surface area (Å²) in [4.78, 5) is 2.24. The van der Waals surface area contributed by atoms with Gasteiger partial charge in [-0.2, -0.15) is 0 Å². The predicted octanol–water partition coefficient (Wildman–Crippen LogP) is 3.17. The quantitative estimate of drug-likeness (QED) is 0.740. The van der Waals surface area contributed by atoms with Gasteiger partial charge in [0.05, 0.1) is 19.3 Å². The Morgan fingerprint density at radius 1 is 1.12 bits per heavy atom. The first-order chi connectivity index (χ1) is 11.8. The van der Waals surface area contributed by atoms with Crippen molar-refractivity contribution in [2.75, 3.05) is 18.1 Å². The molecule has 24 heavy (non-hydrogen) atoms. The van der Waals surface area contributed by atoms with Crippen LogP contribution in [-0.2, 0) is 11.3 Å². The number of anilines is 1. The highest BCUT2D eigenvalue weighted by Crippen LogP contribution is 2.31. The zero-order chi connectivity index (χ0) is 16.4. The van der Waals surface area contributed by atoms with Crippen LogP contribution in [0.3, 0.4) is 0 Å². The summed E-state index contributed by atoms with van der Waals surface area (Å²) < 4.78 is 7.78. The van der Waals surface area contributed by atoms with Gasteiger partial charge in [-0.05, 0) is 30.2 Å². The lowest BCUT2D eigenvalue weighted by molar-refractivity contribution is 0.110. The van der Waals surface area contributed by atoms with E-state index < -0.39 is 0 Å². The summed E-state index contributed by atoms with van der Waals surface area (Å²) in [6, 6.07) is 18.7. The molecular formula is C19H20N4O. The third-order valence-corrected chi connectivity index (χ3v) is 4.22. The van der Waals surface area contributed by atoms with Crippen molar-refractivity contribution in [1.82, 2.24) is 15.0 Å². The van der Waals surface area contributed by atoms with Gasteiger partial charge in [0.25, 0.3) is 0 Å². The Morgan fingerprint density at radius 2 is 2.00 bits per heavy atom. The Balaban J connectivity index is 1.55. The molecule has 0 radical (unpaired) electrons. The smallest absolute Gasteiger partial charge is 0.177 e. The van der Waals surface area contributed by atoms with E-state index >= 15 is 0 Å². The Bertz CT molecular complexity index is 815. The van der Waals surface area contributed by atoms with Gasteiger partial charge in [0.15, 0.2) is 6.23 Å². The molecule has 5 nitrogen and oxygen atoms in total. The van der Waals surface area contributed by atoms with Crippen molar-refractivity contribution in [2.24, 2.45) is 0 Å². The minimum atomic E-state index is -0.170. The summed E-state index contributed by atoms with van der Waals surface area (Å²) in [6.07, 6.45) is 1.81. The summed E-state index contributed by atoms with van der Waals surface area (Å²) in [7, 11) is 0. The molecule has 2 heterocycles. The SMILES string of the molecule is Cc1cccc(N2CCOC2c2cn(Cc3ccccc3)nn2)c1. The van der Waals surface area contributed by atoms with E-state index in [1.54, 1.807) is 0 Å². The van der Waals surface area contributed by atoms with Crippen LogP contribution in [0.2, 0.25) is 0 Å². The maximum atomic E-state index is 5.92. The van der Waals surface area contributed by atoms with E-state index in [1.807, 2.05) is 29.1 Å². The van der Waals surface area contributed by atoms with Crippen molar-refractivity contribution in [3.05, 3.63) is 77.6 Å². The van der Waals surface area contributed by atoms with Gasteiger partial charge in [0, 0.05) is 12.2 Å². The maximum absolute atomic E-state index is 5.92. The van der Waals surface area contributed by atoms with Crippen molar-refractivity contribution in [3.63, 3.8) is 0 Å². The lowest BCUT2D eigenvalue weighted by Gasteiger charge is -2.23. The molecule has 1 aliphatic heterocycles. The number of nitrogens with zero attached hydrogens (tertiary/aromatic N) is 4. The molecule has 122 valence electrons. The molecule has 1 fully saturated rings. The number of aromatic nitrogens is 3. The van der Waals surface area contributed by atoms with Crippen LogP contribution in [0.1, 0.15) is 23.0 Å². The first-order valence-corrected chi connectivity index (χ1v) is 8.18. The topological polar surface area (TPSA) is 43.2 Å². The minimum absolute atomic E-state index is 0.170. The number of ether oxygens (including phenoxy) is 1. The summed E-state index contributed by atoms with van der Waals surface area (Å²) in [5.74, 6) is 0. The Morgan fingerprint density at radius 3 is 2.83 bits per heavy atom. The maximum Gasteiger partial charge on any atom is 0.177 e. The molecule has 2 aromatic carbocycles. The average Bonchev–Trinajstić information content (AvgIpc) is 3.24. The fourth-order valence-electron chi connectivity index (χ4n) is 3.06. The Kier molecular flexibility index (Phi) is 4.01. The van der Waals surface area contributed by atoms with Crippen molar-refractivity contribution < 1.29 is 4.74 Å². The van der Waals surface area contributed by atoms with Crippen LogP contribution < -0.4 is 4.90 Å². The lowest BCUT2D eigenvalue weighted by atomic mass is 10.2. The third kappa shape index (κ3) is 3.03. The van der Waals surface area contributed by atoms with E-state index in [1.165, 1.54) is 11.1 Å². The van der Waals surface area contributed by atoms with Gasteiger partial charge in [0.2, 0.25) is 0 Å². The van der Waals surface area contributed by atoms with Crippen LogP contribution in [0.15, 0.2) is 60.8 Å². The molecule has 0 N–H and O–H groups in total. The molecule has 0 aliphatic carbocycles. The zero-order valence-electron chi connectivity index (χ0n) is 13.7. The first-order valence-electron chi connectivity index (χ1n) is 8.18. The molecule has 1 unspecified atom stereocenters. The fourth-order valence-corrected chi connectivity index (χ4v) is 3.06. The van der Waals surface area contributed by atoms with E-state index in [4.69, 9.17) is 4.74 Å². The summed E-state index contributed by atoms with van der Waals surface area (Å²) in [5.41, 5.74) is 4.46. The van der Waals surface area contributed by atoms with Gasteiger partial charge in [-0.1, -0.05) is 47.7 Å². The van der Waals surface area contributed by atoms with Crippen molar-refractivity contribution in [3.8, 4) is 0 Å². The fraction of sp³-hybridized carbons (Fsp3) is 0.263. The predicted molar refractivity (Wildman–Crippen MR) is 92.8 cm³/mol. The van der Waals surface area contributed by atoms with Gasteiger partial charge in [0.1, 0.15) is 5.69 Å². The largest absolute Gasteiger partial charge is 0.350 e. The molecule has 0 bridgehead atoms. The molecule has 5 heteroatoms. The van der Waals surface area contributed by atoms with E-state index in [2.05, 4.69) is 58.5 Å². The number of benzene rings is 2. The highest BCUT2D eigenvalue weighted by molar-refractivity contribution is 5.50. The number of rotatable bonds is 4. The molecule has 0 saturated carbocycles. The Labute approximate surface area is 141 Å². The second-order valence-corrected chi connectivity index (χ2v) is 6.08. The van der Waals surface area contributed by atoms with Crippen molar-refractivity contribution in [2.45, 2.75) is 19.7 Å². The van der Waals surface area contributed by atoms with Crippen LogP contribution in [0.4, 0.5) is 5.69 Å². The molecule has 1 atom stereocenters. The highest BCUT2D eigenvalue weighted by atomic mass is 16.5. The van der Waals surface area contributed by atoms with Crippen LogP contribution >= 0.6 is 0 Å². The summed E-state index contributed by atoms with van der Waals surface area (Å²) >= 11 is 0. The number of aryl methyl sites for hydroxylation is 1. The monoisotopic (exact) mass is 320 g/mol. The normalized spacial score (nSPS) is 17.4. The van der Waals surface area contributed by atoms with Gasteiger partial charge >= 0.3 is 0 Å². The van der Waals surface area contributed by atoms with Gasteiger partial charge in [-0.3, -0.25) is 0 Å². The highest BCUT2D eigenvalue weighted by Gasteiger charge is 2.29. The standard InChI is InChI=1S/C19H20N4O/c1-15-6-5-9-17(12-15)23-10-11-24-19(23)18-14-22(21-20-18)13-16-7-3-2-4-8-16/h2-9,12,14,19H,10-11,13H2,1H3. The molecule has 3 aromatic rings. The number of hydrogen-bond donors (Lipinski definition) is 0. The molecule has 1 aromatic heterocycles. The molecular weight excluding hydrogens is 300 g/mol. The van der Waals surface area contributed by atoms with Crippen LogP contribution in [-0.4, -0.2) is 28.1 Å². The zero-order valence-corrected chi connectivity index (χ0v) is 13.7. The average molecular weight is 320 g/mol. The van der Waals surface area contributed by atoms with E-state index in [0.717, 1.165) is 17.9 Å². The number of hydrogen-bond acceptors (Lipinski definition) is 4. The van der Waals surface area contributed by atoms with E-state index in [9.17, 15) is 0 Å². The Hall–Kier alpha value is -2.66. The summed E-state index contributed by atoms with van der Waals surface area (Å²) in [6.45, 7) is 4.38. The minimum Gasteiger partial charge on any atom is -0.350 e. The molecule has 1 aliphatic rings. The van der Waals surface area contributed by atoms with Crippen molar-refractivity contribution in [1.29, 1.82) is 0 Å². The summed E-state index contributed by atoms with van der Waals surface area (Å²) in [5, 5.41) is 8.60. The van der Waals surface area contributed by atoms with Crippen LogP contribution in [0.5, 0.6) is 0 Å². The molecule has 0 spiro atoms. The third-order valence-electron chi connectivity index (χ3n) is 4.22. The van der Waals surface area contributed by atoms with Crippen LogP contribution in [0.25, 0.3) is 0 Å². The van der Waals surface area contributed by atoms with Gasteiger partial charge in [-0.15, -0.1) is 5.10 Å². The van der Waals surface area contributed by atoms with Crippen LogP contribution in [0, 0.1) is 6.92 Å². The molecule has 1 saturated heterocycles. The van der Waals surface area contributed by atoms with E-state index in [0.29, 0.717) is 13.2 Å². The van der Waals surface area contributed by atoms with E-state index in [-0.39, 0.29) is 6.23 Å². The molecule has 4 rings (SSSR count). The molecule has 0 amide bonds. The second kappa shape index (κ2) is 6.45. The first kappa shape index (κ1) is 14.9. The van der Waals surface area contributed by atoms with Gasteiger partial charge < -0.3 is 9.64 Å². The second-order valence-electron chi connectivity index (χ2n) is 6.08.